The minimum absolute atomic E-state index is 0.165. The van der Waals surface area contributed by atoms with Gasteiger partial charge in [-0.05, 0) is 0 Å². The van der Waals surface area contributed by atoms with E-state index >= 15 is 0 Å². The Hall–Kier alpha value is -0.380. The summed E-state index contributed by atoms with van der Waals surface area (Å²) in [5.41, 5.74) is 0. The van der Waals surface area contributed by atoms with Crippen LogP contribution in [-0.2, 0) is 4.74 Å². The normalized spacial score (nSPS) is 8.14. The average Bonchev–Trinajstić information content (AvgIpc) is 1.61. The molecule has 0 aliphatic carbocycles. The SMILES string of the molecule is O=C(O)OCCS. The number of hydrogen-bond acceptors (Lipinski definition) is 3. The summed E-state index contributed by atoms with van der Waals surface area (Å²) in [5, 5.41) is 7.79. The second kappa shape index (κ2) is 3.80. The van der Waals surface area contributed by atoms with Crippen LogP contribution < -0.4 is 0 Å². The highest BCUT2D eigenvalue weighted by Crippen LogP contribution is 1.77. The lowest BCUT2D eigenvalue weighted by Gasteiger charge is -1.91. The monoisotopic (exact) mass is 122 g/mol. The third-order valence-electron chi connectivity index (χ3n) is 0.317. The zero-order chi connectivity index (χ0) is 5.70. The molecule has 0 fully saturated rings. The topological polar surface area (TPSA) is 46.5 Å². The van der Waals surface area contributed by atoms with E-state index in [-0.39, 0.29) is 6.61 Å². The summed E-state index contributed by atoms with van der Waals surface area (Å²) in [7, 11) is 0. The van der Waals surface area contributed by atoms with Gasteiger partial charge in [0.25, 0.3) is 0 Å². The first-order chi connectivity index (χ1) is 3.27. The third kappa shape index (κ3) is 5.62. The van der Waals surface area contributed by atoms with Crippen LogP contribution in [0.15, 0.2) is 0 Å². The van der Waals surface area contributed by atoms with Crippen LogP contribution in [0.3, 0.4) is 0 Å². The highest BCUT2D eigenvalue weighted by Gasteiger charge is 1.89. The molecule has 0 aromatic rings. The zero-order valence-electron chi connectivity index (χ0n) is 3.63. The summed E-state index contributed by atoms with van der Waals surface area (Å²) in [5.74, 6) is 0.437. The molecule has 1 N–H and O–H groups in total. The van der Waals surface area contributed by atoms with Crippen LogP contribution in [-0.4, -0.2) is 23.6 Å². The van der Waals surface area contributed by atoms with Gasteiger partial charge in [0, 0.05) is 5.75 Å². The molecule has 7 heavy (non-hydrogen) atoms. The molecule has 0 heterocycles. The summed E-state index contributed by atoms with van der Waals surface area (Å²) in [6.07, 6.45) is -1.24. The van der Waals surface area contributed by atoms with E-state index in [4.69, 9.17) is 5.11 Å². The van der Waals surface area contributed by atoms with E-state index in [1.165, 1.54) is 0 Å². The highest BCUT2D eigenvalue weighted by atomic mass is 32.1. The lowest BCUT2D eigenvalue weighted by atomic mass is 10.9. The molecule has 0 unspecified atom stereocenters. The van der Waals surface area contributed by atoms with Crippen molar-refractivity contribution in [2.24, 2.45) is 0 Å². The molecule has 0 aliphatic rings. The van der Waals surface area contributed by atoms with Crippen LogP contribution in [0.5, 0.6) is 0 Å². The third-order valence-corrected chi connectivity index (χ3v) is 0.499. The molecular formula is C3H6O3S. The summed E-state index contributed by atoms with van der Waals surface area (Å²) < 4.78 is 4.03. The molecule has 3 nitrogen and oxygen atoms in total. The number of rotatable bonds is 2. The molecule has 0 saturated carbocycles. The van der Waals surface area contributed by atoms with Gasteiger partial charge in [-0.2, -0.15) is 12.6 Å². The molecule has 0 spiro atoms. The van der Waals surface area contributed by atoms with E-state index in [1.54, 1.807) is 0 Å². The van der Waals surface area contributed by atoms with Gasteiger partial charge in [0.1, 0.15) is 6.61 Å². The number of hydrogen-bond donors (Lipinski definition) is 2. The van der Waals surface area contributed by atoms with Crippen molar-refractivity contribution in [3.8, 4) is 0 Å². The first kappa shape index (κ1) is 6.62. The number of carbonyl (C=O) groups is 1. The Morgan fingerprint density at radius 3 is 2.57 bits per heavy atom. The highest BCUT2D eigenvalue weighted by molar-refractivity contribution is 7.80. The van der Waals surface area contributed by atoms with Crippen molar-refractivity contribution in [1.29, 1.82) is 0 Å². The summed E-state index contributed by atoms with van der Waals surface area (Å²) in [4.78, 5) is 9.50. The maximum atomic E-state index is 9.50. The average molecular weight is 122 g/mol. The van der Waals surface area contributed by atoms with Crippen molar-refractivity contribution in [3.63, 3.8) is 0 Å². The molecule has 4 heteroatoms. The molecule has 0 aromatic heterocycles. The van der Waals surface area contributed by atoms with Gasteiger partial charge < -0.3 is 9.84 Å². The van der Waals surface area contributed by atoms with E-state index in [0.717, 1.165) is 0 Å². The van der Waals surface area contributed by atoms with Crippen molar-refractivity contribution in [2.75, 3.05) is 12.4 Å². The Kier molecular flexibility index (Phi) is 3.59. The van der Waals surface area contributed by atoms with Crippen LogP contribution in [0.25, 0.3) is 0 Å². The van der Waals surface area contributed by atoms with Crippen LogP contribution in [0.4, 0.5) is 4.79 Å². The van der Waals surface area contributed by atoms with Gasteiger partial charge in [-0.1, -0.05) is 0 Å². The molecule has 42 valence electrons. The molecule has 0 bridgehead atoms. The van der Waals surface area contributed by atoms with Gasteiger partial charge in [-0.25, -0.2) is 4.79 Å². The molecule has 0 radical (unpaired) electrons. The van der Waals surface area contributed by atoms with Crippen molar-refractivity contribution >= 4 is 18.8 Å². The summed E-state index contributed by atoms with van der Waals surface area (Å²) >= 11 is 3.71. The van der Waals surface area contributed by atoms with Gasteiger partial charge in [0.2, 0.25) is 0 Å². The predicted octanol–water partition coefficient (Wildman–Crippen LogP) is 0.611. The van der Waals surface area contributed by atoms with Gasteiger partial charge in [-0.3, -0.25) is 0 Å². The van der Waals surface area contributed by atoms with E-state index in [0.29, 0.717) is 5.75 Å². The minimum Gasteiger partial charge on any atom is -0.450 e. The second-order valence-corrected chi connectivity index (χ2v) is 1.29. The second-order valence-electron chi connectivity index (χ2n) is 0.838. The van der Waals surface area contributed by atoms with Gasteiger partial charge in [0.15, 0.2) is 0 Å². The Morgan fingerprint density at radius 2 is 2.43 bits per heavy atom. The Morgan fingerprint density at radius 1 is 1.86 bits per heavy atom. The van der Waals surface area contributed by atoms with E-state index in [2.05, 4.69) is 17.4 Å². The first-order valence-corrected chi connectivity index (χ1v) is 2.37. The fraction of sp³-hybridized carbons (Fsp3) is 0.667. The predicted molar refractivity (Wildman–Crippen MR) is 27.8 cm³/mol. The fourth-order valence-corrected chi connectivity index (χ4v) is 0.224. The van der Waals surface area contributed by atoms with E-state index < -0.39 is 6.16 Å². The fourth-order valence-electron chi connectivity index (χ4n) is 0.133. The largest absolute Gasteiger partial charge is 0.505 e. The maximum Gasteiger partial charge on any atom is 0.505 e. The van der Waals surface area contributed by atoms with E-state index in [1.807, 2.05) is 0 Å². The quantitative estimate of drug-likeness (QED) is 0.416. The minimum atomic E-state index is -1.24. The Balaban J connectivity index is 2.82. The van der Waals surface area contributed by atoms with Crippen molar-refractivity contribution in [1.82, 2.24) is 0 Å². The number of thiol groups is 1. The smallest absolute Gasteiger partial charge is 0.450 e. The van der Waals surface area contributed by atoms with Crippen molar-refractivity contribution < 1.29 is 14.6 Å². The zero-order valence-corrected chi connectivity index (χ0v) is 4.52. The van der Waals surface area contributed by atoms with Gasteiger partial charge in [-0.15, -0.1) is 0 Å². The maximum absolute atomic E-state index is 9.50. The summed E-state index contributed by atoms with van der Waals surface area (Å²) in [6, 6.07) is 0. The van der Waals surface area contributed by atoms with Crippen molar-refractivity contribution in [2.45, 2.75) is 0 Å². The molecular weight excluding hydrogens is 116 g/mol. The standard InChI is InChI=1S/C3H6O3S/c4-3(5)6-1-2-7/h7H,1-2H2,(H,4,5). The molecule has 0 rings (SSSR count). The molecule has 0 saturated heterocycles. The number of carboxylic acid groups (broad SMARTS) is 1. The first-order valence-electron chi connectivity index (χ1n) is 1.74. The van der Waals surface area contributed by atoms with Gasteiger partial charge >= 0.3 is 6.16 Å². The molecule has 0 amide bonds. The molecule has 0 aliphatic heterocycles. The lowest BCUT2D eigenvalue weighted by Crippen LogP contribution is -2.01. The Labute approximate surface area is 46.7 Å². The van der Waals surface area contributed by atoms with Crippen LogP contribution >= 0.6 is 12.6 Å². The van der Waals surface area contributed by atoms with Crippen LogP contribution in [0.2, 0.25) is 0 Å². The molecule has 0 atom stereocenters. The lowest BCUT2D eigenvalue weighted by molar-refractivity contribution is 0.0975. The van der Waals surface area contributed by atoms with Gasteiger partial charge in [0.05, 0.1) is 0 Å². The van der Waals surface area contributed by atoms with Crippen LogP contribution in [0, 0.1) is 0 Å². The van der Waals surface area contributed by atoms with Crippen molar-refractivity contribution in [3.05, 3.63) is 0 Å². The van der Waals surface area contributed by atoms with Crippen LogP contribution in [0.1, 0.15) is 0 Å². The summed E-state index contributed by atoms with van der Waals surface area (Å²) in [6.45, 7) is 0.165. The van der Waals surface area contributed by atoms with E-state index in [9.17, 15) is 4.79 Å². The molecule has 0 aromatic carbocycles. The number of ether oxygens (including phenoxy) is 1. The Bertz CT molecular complexity index is 63.2.